The number of pyridine rings is 1. The van der Waals surface area contributed by atoms with Crippen LogP contribution < -0.4 is 4.72 Å². The second-order valence-corrected chi connectivity index (χ2v) is 7.69. The quantitative estimate of drug-likeness (QED) is 0.717. The molecular weight excluding hydrogens is 445 g/mol. The zero-order valence-electron chi connectivity index (χ0n) is 10.1. The molecule has 0 amide bonds. The molecule has 0 atom stereocenters. The van der Waals surface area contributed by atoms with Gasteiger partial charge < -0.3 is 0 Å². The van der Waals surface area contributed by atoms with Crippen molar-refractivity contribution in [3.05, 3.63) is 50.1 Å². The highest BCUT2D eigenvalue weighted by atomic mass is 79.9. The third-order valence-corrected chi connectivity index (χ3v) is 5.13. The van der Waals surface area contributed by atoms with Gasteiger partial charge in [0.15, 0.2) is 0 Å². The molecule has 0 aliphatic heterocycles. The normalized spacial score (nSPS) is 11.0. The Hall–Kier alpha value is -1.14. The number of nitrogens with zero attached hydrogens (tertiary/aromatic N) is 2. The number of hydrogen-bond donors (Lipinski definition) is 1. The standard InChI is InChI=1S/C12H6Br2ClN3O2S/c13-8-2-1-7(5-16)10(3-8)18-21(19,20)11-4-9(14)6-17-12(11)15/h1-4,6,18H. The van der Waals surface area contributed by atoms with Crippen molar-refractivity contribution in [2.45, 2.75) is 4.90 Å². The molecule has 1 heterocycles. The average molecular weight is 452 g/mol. The molecule has 0 saturated carbocycles. The number of benzene rings is 1. The first-order valence-electron chi connectivity index (χ1n) is 5.37. The topological polar surface area (TPSA) is 82.9 Å². The van der Waals surface area contributed by atoms with Crippen LogP contribution in [0.25, 0.3) is 0 Å². The number of aromatic nitrogens is 1. The van der Waals surface area contributed by atoms with E-state index in [4.69, 9.17) is 16.9 Å². The fourth-order valence-electron chi connectivity index (χ4n) is 1.49. The lowest BCUT2D eigenvalue weighted by Gasteiger charge is -2.11. The van der Waals surface area contributed by atoms with Crippen molar-refractivity contribution < 1.29 is 8.42 Å². The van der Waals surface area contributed by atoms with Gasteiger partial charge in [-0.2, -0.15) is 5.26 Å². The van der Waals surface area contributed by atoms with Crippen LogP contribution >= 0.6 is 43.5 Å². The van der Waals surface area contributed by atoms with E-state index in [0.29, 0.717) is 8.95 Å². The summed E-state index contributed by atoms with van der Waals surface area (Å²) in [5.74, 6) is 0. The van der Waals surface area contributed by atoms with E-state index in [-0.39, 0.29) is 21.3 Å². The van der Waals surface area contributed by atoms with Crippen LogP contribution in [0.1, 0.15) is 5.56 Å². The van der Waals surface area contributed by atoms with Gasteiger partial charge in [0.2, 0.25) is 0 Å². The van der Waals surface area contributed by atoms with Crippen LogP contribution in [0.3, 0.4) is 0 Å². The summed E-state index contributed by atoms with van der Waals surface area (Å²) >= 11 is 12.2. The van der Waals surface area contributed by atoms with Crippen LogP contribution in [-0.2, 0) is 10.0 Å². The maximum Gasteiger partial charge on any atom is 0.265 e. The van der Waals surface area contributed by atoms with Gasteiger partial charge in [0.1, 0.15) is 16.1 Å². The van der Waals surface area contributed by atoms with Crippen molar-refractivity contribution >= 4 is 59.2 Å². The minimum absolute atomic E-state index is 0.154. The van der Waals surface area contributed by atoms with Crippen molar-refractivity contribution in [3.63, 3.8) is 0 Å². The minimum atomic E-state index is -3.96. The largest absolute Gasteiger partial charge is 0.278 e. The summed E-state index contributed by atoms with van der Waals surface area (Å²) in [5, 5.41) is 8.88. The molecule has 5 nitrogen and oxygen atoms in total. The van der Waals surface area contributed by atoms with Gasteiger partial charge in [0.05, 0.1) is 11.3 Å². The third kappa shape index (κ3) is 3.74. The number of rotatable bonds is 3. The molecule has 21 heavy (non-hydrogen) atoms. The summed E-state index contributed by atoms with van der Waals surface area (Å²) in [6.45, 7) is 0. The predicted molar refractivity (Wildman–Crippen MR) is 86.6 cm³/mol. The van der Waals surface area contributed by atoms with E-state index < -0.39 is 10.0 Å². The molecule has 108 valence electrons. The molecule has 0 aliphatic rings. The molecule has 0 saturated heterocycles. The van der Waals surface area contributed by atoms with E-state index >= 15 is 0 Å². The Bertz CT molecular complexity index is 850. The molecule has 0 aliphatic carbocycles. The zero-order chi connectivity index (χ0) is 15.6. The monoisotopic (exact) mass is 449 g/mol. The van der Waals surface area contributed by atoms with E-state index in [0.717, 1.165) is 0 Å². The second-order valence-electron chi connectivity index (χ2n) is 3.85. The van der Waals surface area contributed by atoms with E-state index in [1.54, 1.807) is 6.07 Å². The predicted octanol–water partition coefficient (Wildman–Crippen LogP) is 3.93. The smallest absolute Gasteiger partial charge is 0.265 e. The fourth-order valence-corrected chi connectivity index (χ4v) is 3.87. The van der Waals surface area contributed by atoms with Crippen LogP contribution in [0.4, 0.5) is 5.69 Å². The number of nitriles is 1. The van der Waals surface area contributed by atoms with Crippen molar-refractivity contribution in [1.82, 2.24) is 4.98 Å². The lowest BCUT2D eigenvalue weighted by Crippen LogP contribution is -2.15. The first-order chi connectivity index (χ1) is 9.83. The van der Waals surface area contributed by atoms with Gasteiger partial charge in [-0.15, -0.1) is 0 Å². The third-order valence-electron chi connectivity index (χ3n) is 2.41. The molecule has 0 bridgehead atoms. The van der Waals surface area contributed by atoms with Gasteiger partial charge in [-0.3, -0.25) is 4.72 Å². The summed E-state index contributed by atoms with van der Waals surface area (Å²) in [7, 11) is -3.96. The molecule has 0 radical (unpaired) electrons. The van der Waals surface area contributed by atoms with E-state index in [2.05, 4.69) is 41.6 Å². The van der Waals surface area contributed by atoms with Crippen LogP contribution in [0, 0.1) is 11.3 Å². The molecule has 0 spiro atoms. The average Bonchev–Trinajstić information content (AvgIpc) is 2.41. The van der Waals surface area contributed by atoms with Gasteiger partial charge in [-0.05, 0) is 40.2 Å². The van der Waals surface area contributed by atoms with Gasteiger partial charge in [-0.25, -0.2) is 13.4 Å². The van der Waals surface area contributed by atoms with Gasteiger partial charge in [-0.1, -0.05) is 27.5 Å². The maximum absolute atomic E-state index is 12.4. The summed E-state index contributed by atoms with van der Waals surface area (Å²) in [4.78, 5) is 3.59. The Labute approximate surface area is 143 Å². The van der Waals surface area contributed by atoms with Crippen molar-refractivity contribution in [2.75, 3.05) is 4.72 Å². The van der Waals surface area contributed by atoms with Crippen molar-refractivity contribution in [1.29, 1.82) is 5.26 Å². The zero-order valence-corrected chi connectivity index (χ0v) is 14.9. The summed E-state index contributed by atoms with van der Waals surface area (Å²) in [6.07, 6.45) is 1.39. The Kier molecular flexibility index (Phi) is 4.88. The first-order valence-corrected chi connectivity index (χ1v) is 8.82. The highest BCUT2D eigenvalue weighted by Gasteiger charge is 2.21. The molecule has 2 aromatic rings. The molecule has 2 rings (SSSR count). The lowest BCUT2D eigenvalue weighted by molar-refractivity contribution is 0.601. The molecule has 9 heteroatoms. The Morgan fingerprint density at radius 1 is 1.24 bits per heavy atom. The number of anilines is 1. The maximum atomic E-state index is 12.4. The van der Waals surface area contributed by atoms with E-state index in [1.807, 2.05) is 6.07 Å². The van der Waals surface area contributed by atoms with Crippen LogP contribution in [0.2, 0.25) is 5.15 Å². The fraction of sp³-hybridized carbons (Fsp3) is 0. The van der Waals surface area contributed by atoms with Crippen molar-refractivity contribution in [3.8, 4) is 6.07 Å². The molecule has 1 aromatic heterocycles. The molecule has 0 fully saturated rings. The van der Waals surface area contributed by atoms with E-state index in [9.17, 15) is 8.42 Å². The molecule has 1 N–H and O–H groups in total. The summed E-state index contributed by atoms with van der Waals surface area (Å²) < 4.78 is 28.2. The number of nitrogens with one attached hydrogen (secondary N) is 1. The SMILES string of the molecule is N#Cc1ccc(Br)cc1NS(=O)(=O)c1cc(Br)cnc1Cl. The van der Waals surface area contributed by atoms with Gasteiger partial charge in [0.25, 0.3) is 10.0 Å². The number of sulfonamides is 1. The Morgan fingerprint density at radius 3 is 2.62 bits per heavy atom. The van der Waals surface area contributed by atoms with Gasteiger partial charge in [0, 0.05) is 15.1 Å². The van der Waals surface area contributed by atoms with E-state index in [1.165, 1.54) is 24.4 Å². The van der Waals surface area contributed by atoms with Crippen molar-refractivity contribution in [2.24, 2.45) is 0 Å². The number of halogens is 3. The second kappa shape index (κ2) is 6.32. The van der Waals surface area contributed by atoms with Crippen LogP contribution in [0.15, 0.2) is 44.3 Å². The molecule has 1 aromatic carbocycles. The van der Waals surface area contributed by atoms with Crippen LogP contribution in [0.5, 0.6) is 0 Å². The lowest BCUT2D eigenvalue weighted by atomic mass is 10.2. The summed E-state index contributed by atoms with van der Waals surface area (Å²) in [6, 6.07) is 7.89. The minimum Gasteiger partial charge on any atom is -0.278 e. The highest BCUT2D eigenvalue weighted by molar-refractivity contribution is 9.10. The Balaban J connectivity index is 2.50. The van der Waals surface area contributed by atoms with Gasteiger partial charge >= 0.3 is 0 Å². The molecular formula is C12H6Br2ClN3O2S. The number of hydrogen-bond acceptors (Lipinski definition) is 4. The Morgan fingerprint density at radius 2 is 1.95 bits per heavy atom. The first kappa shape index (κ1) is 16.2. The summed E-state index contributed by atoms with van der Waals surface area (Å²) in [5.41, 5.74) is 0.351. The van der Waals surface area contributed by atoms with Crippen LogP contribution in [-0.4, -0.2) is 13.4 Å². The highest BCUT2D eigenvalue weighted by Crippen LogP contribution is 2.27. The molecule has 0 unspecified atom stereocenters.